The second kappa shape index (κ2) is 10.9. The first-order chi connectivity index (χ1) is 18.0. The normalized spacial score (nSPS) is 16.0. The summed E-state index contributed by atoms with van der Waals surface area (Å²) < 4.78 is 0. The first kappa shape index (κ1) is 24.6. The maximum absolute atomic E-state index is 13.0. The monoisotopic (exact) mass is 514 g/mol. The van der Waals surface area contributed by atoms with Crippen LogP contribution < -0.4 is 10.2 Å². The molecule has 3 aromatic carbocycles. The number of piperazine rings is 1. The molecule has 0 aliphatic carbocycles. The van der Waals surface area contributed by atoms with E-state index in [0.717, 1.165) is 29.1 Å². The molecule has 8 heteroatoms. The van der Waals surface area contributed by atoms with Crippen LogP contribution in [0.1, 0.15) is 21.5 Å². The van der Waals surface area contributed by atoms with Crippen molar-refractivity contribution in [2.45, 2.75) is 13.1 Å². The first-order valence-corrected chi connectivity index (χ1v) is 12.6. The van der Waals surface area contributed by atoms with Crippen LogP contribution in [0.15, 0.2) is 95.7 Å². The standard InChI is InChI=1S/C29H27ClN4O3/c30-25-26(29(37)34(28(25)36)20-22-7-3-1-4-8-22)31-19-21-11-13-23(14-12-21)27(35)33-17-15-32(16-18-33)24-9-5-2-6-10-24/h1-14,31H,15-20H2. The van der Waals surface area contributed by atoms with E-state index in [1.54, 1.807) is 12.1 Å². The van der Waals surface area contributed by atoms with E-state index in [0.29, 0.717) is 25.2 Å². The fraction of sp³-hybridized carbons (Fsp3) is 0.207. The van der Waals surface area contributed by atoms with Crippen molar-refractivity contribution in [3.8, 4) is 0 Å². The van der Waals surface area contributed by atoms with Gasteiger partial charge in [-0.3, -0.25) is 19.3 Å². The van der Waals surface area contributed by atoms with Gasteiger partial charge in [-0.25, -0.2) is 0 Å². The number of para-hydroxylation sites is 1. The third kappa shape index (κ3) is 5.37. The zero-order valence-corrected chi connectivity index (χ0v) is 21.0. The predicted octanol–water partition coefficient (Wildman–Crippen LogP) is 3.76. The van der Waals surface area contributed by atoms with Gasteiger partial charge in [-0.1, -0.05) is 72.3 Å². The van der Waals surface area contributed by atoms with Gasteiger partial charge in [0.05, 0.1) is 6.54 Å². The molecule has 3 amide bonds. The Morgan fingerprint density at radius 1 is 0.757 bits per heavy atom. The van der Waals surface area contributed by atoms with Gasteiger partial charge in [-0.05, 0) is 35.4 Å². The lowest BCUT2D eigenvalue weighted by Crippen LogP contribution is -2.48. The molecular formula is C29H27ClN4O3. The molecule has 0 aromatic heterocycles. The van der Waals surface area contributed by atoms with Gasteiger partial charge in [0.2, 0.25) is 0 Å². The van der Waals surface area contributed by atoms with E-state index in [-0.39, 0.29) is 23.2 Å². The zero-order valence-electron chi connectivity index (χ0n) is 20.3. The Kier molecular flexibility index (Phi) is 7.23. The van der Waals surface area contributed by atoms with Crippen LogP contribution in [0.4, 0.5) is 5.69 Å². The minimum atomic E-state index is -0.508. The summed E-state index contributed by atoms with van der Waals surface area (Å²) in [4.78, 5) is 43.7. The number of carbonyl (C=O) groups is 3. The van der Waals surface area contributed by atoms with Gasteiger partial charge in [0.1, 0.15) is 10.7 Å². The maximum Gasteiger partial charge on any atom is 0.278 e. The molecule has 188 valence electrons. The molecule has 1 N–H and O–H groups in total. The van der Waals surface area contributed by atoms with Crippen molar-refractivity contribution in [2.24, 2.45) is 0 Å². The molecule has 0 unspecified atom stereocenters. The van der Waals surface area contributed by atoms with Crippen LogP contribution in [0.5, 0.6) is 0 Å². The van der Waals surface area contributed by atoms with Crippen molar-refractivity contribution in [1.82, 2.24) is 15.1 Å². The number of imide groups is 1. The SMILES string of the molecule is O=C(c1ccc(CNC2=C(Cl)C(=O)N(Cc3ccccc3)C2=O)cc1)N1CCN(c2ccccc2)CC1. The van der Waals surface area contributed by atoms with Gasteiger partial charge in [-0.15, -0.1) is 0 Å². The minimum Gasteiger partial charge on any atom is -0.375 e. The first-order valence-electron chi connectivity index (χ1n) is 12.2. The van der Waals surface area contributed by atoms with Crippen LogP contribution in [-0.2, 0) is 22.7 Å². The van der Waals surface area contributed by atoms with E-state index in [1.807, 2.05) is 65.6 Å². The third-order valence-electron chi connectivity index (χ3n) is 6.65. The Morgan fingerprint density at radius 3 is 2.03 bits per heavy atom. The summed E-state index contributed by atoms with van der Waals surface area (Å²) >= 11 is 6.20. The van der Waals surface area contributed by atoms with Crippen LogP contribution in [0.3, 0.4) is 0 Å². The largest absolute Gasteiger partial charge is 0.375 e. The molecule has 0 spiro atoms. The maximum atomic E-state index is 13.0. The van der Waals surface area contributed by atoms with Crippen molar-refractivity contribution in [3.05, 3.63) is 112 Å². The van der Waals surface area contributed by atoms with E-state index < -0.39 is 11.8 Å². The Hall–Kier alpha value is -4.10. The van der Waals surface area contributed by atoms with Gasteiger partial charge in [0, 0.05) is 44.0 Å². The van der Waals surface area contributed by atoms with Crippen molar-refractivity contribution >= 4 is 35.0 Å². The highest BCUT2D eigenvalue weighted by Crippen LogP contribution is 2.24. The molecular weight excluding hydrogens is 488 g/mol. The fourth-order valence-corrected chi connectivity index (χ4v) is 4.80. The summed E-state index contributed by atoms with van der Waals surface area (Å²) in [6.07, 6.45) is 0. The van der Waals surface area contributed by atoms with Gasteiger partial charge >= 0.3 is 0 Å². The molecule has 3 aromatic rings. The third-order valence-corrected chi connectivity index (χ3v) is 7.00. The lowest BCUT2D eigenvalue weighted by Gasteiger charge is -2.36. The smallest absolute Gasteiger partial charge is 0.278 e. The second-order valence-corrected chi connectivity index (χ2v) is 9.41. The molecule has 2 aliphatic rings. The number of hydrogen-bond acceptors (Lipinski definition) is 5. The molecule has 0 radical (unpaired) electrons. The average molecular weight is 515 g/mol. The number of rotatable bonds is 7. The van der Waals surface area contributed by atoms with Gasteiger partial charge in [0.15, 0.2) is 0 Å². The van der Waals surface area contributed by atoms with Gasteiger partial charge in [-0.2, -0.15) is 0 Å². The topological polar surface area (TPSA) is 73.0 Å². The van der Waals surface area contributed by atoms with E-state index in [9.17, 15) is 14.4 Å². The summed E-state index contributed by atoms with van der Waals surface area (Å²) in [5.74, 6) is -0.947. The summed E-state index contributed by atoms with van der Waals surface area (Å²) in [7, 11) is 0. The lowest BCUT2D eigenvalue weighted by molar-refractivity contribution is -0.138. The van der Waals surface area contributed by atoms with Crippen LogP contribution in [0.25, 0.3) is 0 Å². The van der Waals surface area contributed by atoms with E-state index in [4.69, 9.17) is 11.6 Å². The Balaban J connectivity index is 1.15. The van der Waals surface area contributed by atoms with E-state index >= 15 is 0 Å². The predicted molar refractivity (Wildman–Crippen MR) is 143 cm³/mol. The Morgan fingerprint density at radius 2 is 1.38 bits per heavy atom. The number of benzene rings is 3. The lowest BCUT2D eigenvalue weighted by atomic mass is 10.1. The molecule has 0 atom stereocenters. The van der Waals surface area contributed by atoms with Crippen molar-refractivity contribution in [2.75, 3.05) is 31.1 Å². The highest BCUT2D eigenvalue weighted by molar-refractivity contribution is 6.47. The van der Waals surface area contributed by atoms with E-state index in [2.05, 4.69) is 22.3 Å². The van der Waals surface area contributed by atoms with Crippen molar-refractivity contribution in [3.63, 3.8) is 0 Å². The van der Waals surface area contributed by atoms with Crippen LogP contribution >= 0.6 is 11.6 Å². The molecule has 1 fully saturated rings. The highest BCUT2D eigenvalue weighted by Gasteiger charge is 2.37. The number of nitrogens with zero attached hydrogens (tertiary/aromatic N) is 3. The number of amides is 3. The summed E-state index contributed by atoms with van der Waals surface area (Å²) in [5, 5.41) is 2.90. The molecule has 2 heterocycles. The number of nitrogens with one attached hydrogen (secondary N) is 1. The number of halogens is 1. The summed E-state index contributed by atoms with van der Waals surface area (Å²) in [6.45, 7) is 3.38. The average Bonchev–Trinajstić information content (AvgIpc) is 3.15. The number of hydrogen-bond donors (Lipinski definition) is 1. The molecule has 1 saturated heterocycles. The zero-order chi connectivity index (χ0) is 25.8. The number of anilines is 1. The van der Waals surface area contributed by atoms with Crippen LogP contribution in [0, 0.1) is 0 Å². The Labute approximate surface area is 220 Å². The molecule has 0 saturated carbocycles. The highest BCUT2D eigenvalue weighted by atomic mass is 35.5. The quantitative estimate of drug-likeness (QED) is 0.486. The van der Waals surface area contributed by atoms with Crippen LogP contribution in [-0.4, -0.2) is 53.7 Å². The fourth-order valence-electron chi connectivity index (χ4n) is 4.55. The molecule has 37 heavy (non-hydrogen) atoms. The minimum absolute atomic E-state index is 0.00564. The van der Waals surface area contributed by atoms with Gasteiger partial charge < -0.3 is 15.1 Å². The Bertz CT molecular complexity index is 1320. The van der Waals surface area contributed by atoms with Crippen LogP contribution in [0.2, 0.25) is 0 Å². The summed E-state index contributed by atoms with van der Waals surface area (Å²) in [5.41, 5.74) is 3.60. The van der Waals surface area contributed by atoms with Crippen molar-refractivity contribution < 1.29 is 14.4 Å². The molecule has 0 bridgehead atoms. The molecule has 2 aliphatic heterocycles. The number of carbonyl (C=O) groups excluding carboxylic acids is 3. The van der Waals surface area contributed by atoms with E-state index in [1.165, 1.54) is 5.69 Å². The van der Waals surface area contributed by atoms with Crippen molar-refractivity contribution in [1.29, 1.82) is 0 Å². The second-order valence-electron chi connectivity index (χ2n) is 9.04. The molecule has 7 nitrogen and oxygen atoms in total. The van der Waals surface area contributed by atoms with Gasteiger partial charge in [0.25, 0.3) is 17.7 Å². The molecule has 5 rings (SSSR count). The summed E-state index contributed by atoms with van der Waals surface area (Å²) in [6, 6.07) is 26.8.